The lowest BCUT2D eigenvalue weighted by Gasteiger charge is -2.16. The number of hydrogen-bond acceptors (Lipinski definition) is 2. The van der Waals surface area contributed by atoms with Gasteiger partial charge in [-0.05, 0) is 30.9 Å². The van der Waals surface area contributed by atoms with Gasteiger partial charge in [-0.25, -0.2) is 0 Å². The molecule has 0 aliphatic heterocycles. The second-order valence-corrected chi connectivity index (χ2v) is 4.79. The average Bonchev–Trinajstić information content (AvgIpc) is 2.25. The average molecular weight is 235 g/mol. The van der Waals surface area contributed by atoms with Crippen LogP contribution in [0.15, 0.2) is 18.2 Å². The van der Waals surface area contributed by atoms with Crippen LogP contribution in [0, 0.1) is 19.8 Å². The monoisotopic (exact) mass is 235 g/mol. The van der Waals surface area contributed by atoms with Crippen molar-refractivity contribution in [2.24, 2.45) is 5.92 Å². The van der Waals surface area contributed by atoms with Gasteiger partial charge in [0.2, 0.25) is 0 Å². The number of aliphatic hydroxyl groups excluding tert-OH is 1. The Kier molecular flexibility index (Phi) is 4.70. The van der Waals surface area contributed by atoms with Gasteiger partial charge in [-0.1, -0.05) is 32.0 Å². The first-order chi connectivity index (χ1) is 7.93. The van der Waals surface area contributed by atoms with Gasteiger partial charge >= 0.3 is 0 Å². The van der Waals surface area contributed by atoms with Crippen LogP contribution < -0.4 is 5.32 Å². The minimum absolute atomic E-state index is 0.111. The Labute approximate surface area is 103 Å². The standard InChI is InChI=1S/C14H21NO2/c1-9(2)12(16)8-15-14(17)13-10(3)6-5-7-11(13)4/h5-7,9,12,16H,8H2,1-4H3,(H,15,17). The zero-order valence-corrected chi connectivity index (χ0v) is 10.9. The van der Waals surface area contributed by atoms with Gasteiger partial charge in [0.15, 0.2) is 0 Å². The van der Waals surface area contributed by atoms with Crippen LogP contribution in [0.25, 0.3) is 0 Å². The van der Waals surface area contributed by atoms with E-state index >= 15 is 0 Å². The number of amides is 1. The molecule has 1 rings (SSSR count). The molecule has 3 nitrogen and oxygen atoms in total. The molecule has 1 unspecified atom stereocenters. The predicted octanol–water partition coefficient (Wildman–Crippen LogP) is 2.05. The predicted molar refractivity (Wildman–Crippen MR) is 69.1 cm³/mol. The highest BCUT2D eigenvalue weighted by molar-refractivity contribution is 5.97. The van der Waals surface area contributed by atoms with Crippen LogP contribution in [0.4, 0.5) is 0 Å². The fourth-order valence-electron chi connectivity index (χ4n) is 1.69. The molecule has 94 valence electrons. The van der Waals surface area contributed by atoms with Crippen LogP contribution >= 0.6 is 0 Å². The Morgan fingerprint density at radius 1 is 1.29 bits per heavy atom. The SMILES string of the molecule is Cc1cccc(C)c1C(=O)NCC(O)C(C)C. The Bertz CT molecular complexity index is 379. The summed E-state index contributed by atoms with van der Waals surface area (Å²) in [7, 11) is 0. The summed E-state index contributed by atoms with van der Waals surface area (Å²) in [6.07, 6.45) is -0.497. The van der Waals surface area contributed by atoms with E-state index in [1.54, 1.807) is 0 Å². The molecular formula is C14H21NO2. The highest BCUT2D eigenvalue weighted by Gasteiger charge is 2.14. The zero-order chi connectivity index (χ0) is 13.0. The van der Waals surface area contributed by atoms with Gasteiger partial charge in [0.25, 0.3) is 5.91 Å². The van der Waals surface area contributed by atoms with E-state index in [0.717, 1.165) is 11.1 Å². The maximum Gasteiger partial charge on any atom is 0.251 e. The van der Waals surface area contributed by atoms with Crippen molar-refractivity contribution in [1.82, 2.24) is 5.32 Å². The maximum absolute atomic E-state index is 12.0. The molecule has 2 N–H and O–H groups in total. The second kappa shape index (κ2) is 5.82. The number of benzene rings is 1. The third-order valence-electron chi connectivity index (χ3n) is 2.95. The second-order valence-electron chi connectivity index (χ2n) is 4.79. The van der Waals surface area contributed by atoms with E-state index in [1.165, 1.54) is 0 Å². The fraction of sp³-hybridized carbons (Fsp3) is 0.500. The van der Waals surface area contributed by atoms with Crippen molar-refractivity contribution >= 4 is 5.91 Å². The van der Waals surface area contributed by atoms with Crippen LogP contribution in [-0.2, 0) is 0 Å². The summed E-state index contributed by atoms with van der Waals surface area (Å²) >= 11 is 0. The number of carbonyl (C=O) groups is 1. The molecule has 0 aromatic heterocycles. The molecule has 17 heavy (non-hydrogen) atoms. The van der Waals surface area contributed by atoms with Gasteiger partial charge in [-0.3, -0.25) is 4.79 Å². The zero-order valence-electron chi connectivity index (χ0n) is 10.9. The third kappa shape index (κ3) is 3.56. The molecule has 0 bridgehead atoms. The van der Waals surface area contributed by atoms with Crippen LogP contribution in [0.3, 0.4) is 0 Å². The Hall–Kier alpha value is -1.35. The largest absolute Gasteiger partial charge is 0.391 e. The summed E-state index contributed by atoms with van der Waals surface area (Å²) < 4.78 is 0. The highest BCUT2D eigenvalue weighted by atomic mass is 16.3. The number of rotatable bonds is 4. The number of aryl methyl sites for hydroxylation is 2. The lowest BCUT2D eigenvalue weighted by Crippen LogP contribution is -2.35. The van der Waals surface area contributed by atoms with Gasteiger partial charge in [-0.15, -0.1) is 0 Å². The molecule has 0 aliphatic carbocycles. The number of hydrogen-bond donors (Lipinski definition) is 2. The maximum atomic E-state index is 12.0. The normalized spacial score (nSPS) is 12.6. The lowest BCUT2D eigenvalue weighted by molar-refractivity contribution is 0.0870. The summed E-state index contributed by atoms with van der Waals surface area (Å²) in [5.74, 6) is 0.0357. The van der Waals surface area contributed by atoms with Crippen molar-refractivity contribution in [1.29, 1.82) is 0 Å². The number of carbonyl (C=O) groups excluding carboxylic acids is 1. The van der Waals surface area contributed by atoms with Crippen molar-refractivity contribution in [3.63, 3.8) is 0 Å². The van der Waals surface area contributed by atoms with Gasteiger partial charge in [0, 0.05) is 12.1 Å². The molecule has 0 saturated heterocycles. The van der Waals surface area contributed by atoms with E-state index in [4.69, 9.17) is 0 Å². The van der Waals surface area contributed by atoms with Crippen LogP contribution in [0.5, 0.6) is 0 Å². The summed E-state index contributed by atoms with van der Waals surface area (Å²) in [4.78, 5) is 12.0. The Balaban J connectivity index is 2.71. The first-order valence-corrected chi connectivity index (χ1v) is 5.96. The summed E-state index contributed by atoms with van der Waals surface area (Å²) in [5, 5.41) is 12.4. The smallest absolute Gasteiger partial charge is 0.251 e. The topological polar surface area (TPSA) is 49.3 Å². The molecule has 0 spiro atoms. The number of nitrogens with one attached hydrogen (secondary N) is 1. The minimum Gasteiger partial charge on any atom is -0.391 e. The summed E-state index contributed by atoms with van der Waals surface area (Å²) in [6.45, 7) is 7.98. The van der Waals surface area contributed by atoms with Crippen LogP contribution in [0.1, 0.15) is 35.3 Å². The molecule has 1 aromatic carbocycles. The first kappa shape index (κ1) is 13.7. The first-order valence-electron chi connectivity index (χ1n) is 5.96. The van der Waals surface area contributed by atoms with Gasteiger partial charge in [0.05, 0.1) is 6.10 Å². The van der Waals surface area contributed by atoms with E-state index < -0.39 is 6.10 Å². The summed E-state index contributed by atoms with van der Waals surface area (Å²) in [6, 6.07) is 5.77. The van der Waals surface area contributed by atoms with Crippen LogP contribution in [-0.4, -0.2) is 23.7 Å². The molecule has 3 heteroatoms. The molecular weight excluding hydrogens is 214 g/mol. The quantitative estimate of drug-likeness (QED) is 0.839. The van der Waals surface area contributed by atoms with Crippen molar-refractivity contribution in [2.45, 2.75) is 33.8 Å². The van der Waals surface area contributed by atoms with E-state index in [0.29, 0.717) is 12.1 Å². The number of aliphatic hydroxyl groups is 1. The molecule has 0 heterocycles. The van der Waals surface area contributed by atoms with Crippen molar-refractivity contribution in [3.05, 3.63) is 34.9 Å². The third-order valence-corrected chi connectivity index (χ3v) is 2.95. The van der Waals surface area contributed by atoms with Gasteiger partial charge in [0.1, 0.15) is 0 Å². The van der Waals surface area contributed by atoms with Crippen molar-refractivity contribution < 1.29 is 9.90 Å². The van der Waals surface area contributed by atoms with Crippen molar-refractivity contribution in [2.75, 3.05) is 6.54 Å². The molecule has 0 fully saturated rings. The molecule has 0 aliphatic rings. The molecule has 1 aromatic rings. The summed E-state index contributed by atoms with van der Waals surface area (Å²) in [5.41, 5.74) is 2.63. The molecule has 1 atom stereocenters. The minimum atomic E-state index is -0.497. The van der Waals surface area contributed by atoms with Crippen molar-refractivity contribution in [3.8, 4) is 0 Å². The fourth-order valence-corrected chi connectivity index (χ4v) is 1.69. The van der Waals surface area contributed by atoms with E-state index in [9.17, 15) is 9.90 Å². The van der Waals surface area contributed by atoms with Gasteiger partial charge < -0.3 is 10.4 Å². The molecule has 1 amide bonds. The Morgan fingerprint density at radius 2 is 1.82 bits per heavy atom. The van der Waals surface area contributed by atoms with E-state index in [1.807, 2.05) is 45.9 Å². The van der Waals surface area contributed by atoms with E-state index in [2.05, 4.69) is 5.32 Å². The highest BCUT2D eigenvalue weighted by Crippen LogP contribution is 2.13. The Morgan fingerprint density at radius 3 is 2.29 bits per heavy atom. The molecule has 0 radical (unpaired) electrons. The van der Waals surface area contributed by atoms with Crippen LogP contribution in [0.2, 0.25) is 0 Å². The van der Waals surface area contributed by atoms with E-state index in [-0.39, 0.29) is 11.8 Å². The lowest BCUT2D eigenvalue weighted by atomic mass is 10.0. The molecule has 0 saturated carbocycles. The van der Waals surface area contributed by atoms with Gasteiger partial charge in [-0.2, -0.15) is 0 Å².